The number of rotatable bonds is 9. The third-order valence-electron chi connectivity index (χ3n) is 5.40. The maximum atomic E-state index is 5.54. The molecule has 5 nitrogen and oxygen atoms in total. The highest BCUT2D eigenvalue weighted by molar-refractivity contribution is 4.84. The second kappa shape index (κ2) is 10.6. The Balaban J connectivity index is 1.55. The van der Waals surface area contributed by atoms with Crippen molar-refractivity contribution in [3.8, 4) is 0 Å². The molecule has 2 rings (SSSR count). The van der Waals surface area contributed by atoms with Gasteiger partial charge in [0.1, 0.15) is 0 Å². The maximum absolute atomic E-state index is 5.54. The molecule has 1 aliphatic heterocycles. The lowest BCUT2D eigenvalue weighted by molar-refractivity contribution is 0.0724. The van der Waals surface area contributed by atoms with Crippen molar-refractivity contribution in [1.29, 1.82) is 0 Å². The van der Waals surface area contributed by atoms with Crippen LogP contribution in [0.25, 0.3) is 0 Å². The Morgan fingerprint density at radius 3 is 2.23 bits per heavy atom. The molecule has 130 valence electrons. The molecule has 0 aromatic rings. The van der Waals surface area contributed by atoms with Gasteiger partial charge in [-0.2, -0.15) is 0 Å². The molecule has 0 aromatic heterocycles. The van der Waals surface area contributed by atoms with Gasteiger partial charge in [0.25, 0.3) is 0 Å². The molecule has 4 N–H and O–H groups in total. The van der Waals surface area contributed by atoms with Gasteiger partial charge in [0, 0.05) is 38.3 Å². The highest BCUT2D eigenvalue weighted by atomic mass is 15.4. The Labute approximate surface area is 136 Å². The average molecular weight is 312 g/mol. The van der Waals surface area contributed by atoms with Crippen LogP contribution in [0.2, 0.25) is 0 Å². The normalized spacial score (nSPS) is 28.1. The van der Waals surface area contributed by atoms with E-state index in [0.29, 0.717) is 6.04 Å². The van der Waals surface area contributed by atoms with Crippen molar-refractivity contribution in [1.82, 2.24) is 20.7 Å². The van der Waals surface area contributed by atoms with Gasteiger partial charge in [0.05, 0.1) is 0 Å². The minimum absolute atomic E-state index is 0.677. The van der Waals surface area contributed by atoms with Gasteiger partial charge in [-0.05, 0) is 58.7 Å². The Morgan fingerprint density at radius 2 is 1.59 bits per heavy atom. The van der Waals surface area contributed by atoms with E-state index in [-0.39, 0.29) is 0 Å². The fraction of sp³-hybridized carbons (Fsp3) is 1.00. The Hall–Kier alpha value is -0.200. The Morgan fingerprint density at radius 1 is 0.909 bits per heavy atom. The van der Waals surface area contributed by atoms with Gasteiger partial charge in [0.15, 0.2) is 0 Å². The average Bonchev–Trinajstić information content (AvgIpc) is 2.56. The quantitative estimate of drug-likeness (QED) is 0.441. The molecule has 0 unspecified atom stereocenters. The zero-order valence-corrected chi connectivity index (χ0v) is 14.5. The molecule has 0 aromatic carbocycles. The fourth-order valence-corrected chi connectivity index (χ4v) is 3.97. The maximum Gasteiger partial charge on any atom is 0.0214 e. The second-order valence-electron chi connectivity index (χ2n) is 6.98. The molecule has 5 heteroatoms. The summed E-state index contributed by atoms with van der Waals surface area (Å²) in [4.78, 5) is 5.41. The van der Waals surface area contributed by atoms with E-state index in [1.165, 1.54) is 84.1 Å². The summed E-state index contributed by atoms with van der Waals surface area (Å²) < 4.78 is 0. The highest BCUT2D eigenvalue weighted by Crippen LogP contribution is 2.24. The van der Waals surface area contributed by atoms with Gasteiger partial charge >= 0.3 is 0 Å². The van der Waals surface area contributed by atoms with E-state index < -0.39 is 0 Å². The first kappa shape index (κ1) is 18.1. The van der Waals surface area contributed by atoms with Crippen LogP contribution in [0.15, 0.2) is 0 Å². The predicted octanol–water partition coefficient (Wildman–Crippen LogP) is 1.16. The summed E-state index contributed by atoms with van der Waals surface area (Å²) in [7, 11) is 1.97. The van der Waals surface area contributed by atoms with Crippen molar-refractivity contribution < 1.29 is 0 Å². The fourth-order valence-electron chi connectivity index (χ4n) is 3.97. The number of hydrogen-bond donors (Lipinski definition) is 3. The number of nitrogens with two attached hydrogens (primary N) is 1. The van der Waals surface area contributed by atoms with Gasteiger partial charge in [-0.3, -0.25) is 15.8 Å². The molecule has 0 amide bonds. The van der Waals surface area contributed by atoms with E-state index in [4.69, 9.17) is 5.73 Å². The van der Waals surface area contributed by atoms with Gasteiger partial charge in [-0.15, -0.1) is 0 Å². The van der Waals surface area contributed by atoms with Crippen LogP contribution in [0.4, 0.5) is 0 Å². The summed E-state index contributed by atoms with van der Waals surface area (Å²) in [6.45, 7) is 7.23. The molecule has 0 spiro atoms. The van der Waals surface area contributed by atoms with Crippen LogP contribution in [0.3, 0.4) is 0 Å². The molecular weight excluding hydrogens is 274 g/mol. The van der Waals surface area contributed by atoms with Crippen molar-refractivity contribution in [2.45, 2.75) is 63.5 Å². The monoisotopic (exact) mass is 311 g/mol. The minimum atomic E-state index is 0.677. The van der Waals surface area contributed by atoms with Crippen LogP contribution in [0.5, 0.6) is 0 Å². The molecule has 22 heavy (non-hydrogen) atoms. The predicted molar refractivity (Wildman–Crippen MR) is 93.8 cm³/mol. The molecule has 0 radical (unpaired) electrons. The van der Waals surface area contributed by atoms with Crippen LogP contribution >= 0.6 is 0 Å². The van der Waals surface area contributed by atoms with Crippen LogP contribution in [0, 0.1) is 0 Å². The van der Waals surface area contributed by atoms with Crippen molar-refractivity contribution in [3.05, 3.63) is 0 Å². The molecule has 2 fully saturated rings. The highest BCUT2D eigenvalue weighted by Gasteiger charge is 2.27. The summed E-state index contributed by atoms with van der Waals surface area (Å²) >= 11 is 0. The van der Waals surface area contributed by atoms with Crippen LogP contribution in [-0.2, 0) is 0 Å². The lowest BCUT2D eigenvalue weighted by atomic mass is 9.90. The van der Waals surface area contributed by atoms with Crippen LogP contribution < -0.4 is 16.6 Å². The van der Waals surface area contributed by atoms with Crippen molar-refractivity contribution in [2.24, 2.45) is 5.73 Å². The summed E-state index contributed by atoms with van der Waals surface area (Å²) in [5.41, 5.74) is 12.0. The van der Waals surface area contributed by atoms with Crippen molar-refractivity contribution in [2.75, 3.05) is 46.3 Å². The number of piperazine rings is 1. The summed E-state index contributed by atoms with van der Waals surface area (Å²) in [6, 6.07) is 1.51. The SMILES string of the molecule is CNN[C@H]1CC[C@H](N2CCN(CCCCCCN)CC2)CC1. The zero-order valence-electron chi connectivity index (χ0n) is 14.5. The molecule has 0 atom stereocenters. The topological polar surface area (TPSA) is 56.6 Å². The molecule has 1 saturated heterocycles. The molecule has 1 aliphatic carbocycles. The first-order valence-electron chi connectivity index (χ1n) is 9.42. The molecule has 1 heterocycles. The summed E-state index contributed by atoms with van der Waals surface area (Å²) in [5.74, 6) is 0. The van der Waals surface area contributed by atoms with Crippen molar-refractivity contribution in [3.63, 3.8) is 0 Å². The van der Waals surface area contributed by atoms with Gasteiger partial charge in [0.2, 0.25) is 0 Å². The molecule has 1 saturated carbocycles. The third kappa shape index (κ3) is 6.13. The van der Waals surface area contributed by atoms with E-state index in [2.05, 4.69) is 20.7 Å². The first-order chi connectivity index (χ1) is 10.8. The molecule has 2 aliphatic rings. The number of hydrogen-bond acceptors (Lipinski definition) is 5. The second-order valence-corrected chi connectivity index (χ2v) is 6.98. The standard InChI is InChI=1S/C17H37N5/c1-19-20-16-6-8-17(9-7-16)22-14-12-21(13-15-22)11-5-3-2-4-10-18/h16-17,19-20H,2-15,18H2,1H3/t16-,17-. The molecular formula is C17H37N5. The van der Waals surface area contributed by atoms with Gasteiger partial charge < -0.3 is 10.6 Å². The van der Waals surface area contributed by atoms with Crippen LogP contribution in [-0.4, -0.2) is 68.2 Å². The number of nitrogens with one attached hydrogen (secondary N) is 2. The van der Waals surface area contributed by atoms with E-state index in [1.54, 1.807) is 0 Å². The number of unbranched alkanes of at least 4 members (excludes halogenated alkanes) is 3. The zero-order chi connectivity index (χ0) is 15.6. The number of hydrazine groups is 1. The minimum Gasteiger partial charge on any atom is -0.330 e. The van der Waals surface area contributed by atoms with Crippen LogP contribution in [0.1, 0.15) is 51.4 Å². The van der Waals surface area contributed by atoms with Gasteiger partial charge in [-0.25, -0.2) is 0 Å². The van der Waals surface area contributed by atoms with Crippen molar-refractivity contribution >= 4 is 0 Å². The third-order valence-corrected chi connectivity index (χ3v) is 5.40. The summed E-state index contributed by atoms with van der Waals surface area (Å²) in [5, 5.41) is 0. The Bertz CT molecular complexity index is 270. The Kier molecular flexibility index (Phi) is 8.70. The lowest BCUT2D eigenvalue weighted by Crippen LogP contribution is -2.52. The summed E-state index contributed by atoms with van der Waals surface area (Å²) in [6.07, 6.45) is 10.5. The molecule has 0 bridgehead atoms. The largest absolute Gasteiger partial charge is 0.330 e. The van der Waals surface area contributed by atoms with E-state index in [0.717, 1.165) is 12.6 Å². The lowest BCUT2D eigenvalue weighted by Gasteiger charge is -2.42. The smallest absolute Gasteiger partial charge is 0.0214 e. The van der Waals surface area contributed by atoms with E-state index >= 15 is 0 Å². The van der Waals surface area contributed by atoms with Gasteiger partial charge in [-0.1, -0.05) is 12.8 Å². The van der Waals surface area contributed by atoms with E-state index in [1.807, 2.05) is 7.05 Å². The number of nitrogens with zero attached hydrogens (tertiary/aromatic N) is 2. The van der Waals surface area contributed by atoms with E-state index in [9.17, 15) is 0 Å². The first-order valence-corrected chi connectivity index (χ1v) is 9.42.